The van der Waals surface area contributed by atoms with Gasteiger partial charge in [0, 0.05) is 5.56 Å². The van der Waals surface area contributed by atoms with E-state index in [1.165, 1.54) is 6.92 Å². The van der Waals surface area contributed by atoms with Crippen molar-refractivity contribution < 1.29 is 19.4 Å². The summed E-state index contributed by atoms with van der Waals surface area (Å²) in [6, 6.07) is 6.14. The van der Waals surface area contributed by atoms with Crippen LogP contribution in [0.2, 0.25) is 0 Å². The van der Waals surface area contributed by atoms with E-state index in [4.69, 9.17) is 9.84 Å². The van der Waals surface area contributed by atoms with E-state index < -0.39 is 24.2 Å². The van der Waals surface area contributed by atoms with Crippen molar-refractivity contribution in [1.82, 2.24) is 5.32 Å². The van der Waals surface area contributed by atoms with Gasteiger partial charge in [-0.3, -0.25) is 10.1 Å². The molecule has 0 aliphatic carbocycles. The number of aliphatic carboxylic acids is 1. The molecule has 2 atom stereocenters. The second kappa shape index (κ2) is 3.94. The number of benzene rings is 1. The molecule has 1 aromatic carbocycles. The van der Waals surface area contributed by atoms with E-state index in [2.05, 4.69) is 5.32 Å². The molecule has 0 saturated carbocycles. The van der Waals surface area contributed by atoms with Crippen molar-refractivity contribution in [2.24, 2.45) is 0 Å². The number of rotatable bonds is 3. The Hall–Kier alpha value is -1.88. The number of carboxylic acid groups (broad SMARTS) is 1. The Kier molecular flexibility index (Phi) is 2.62. The van der Waals surface area contributed by atoms with Crippen molar-refractivity contribution >= 4 is 11.9 Å². The van der Waals surface area contributed by atoms with Crippen LogP contribution in [0, 0.1) is 0 Å². The van der Waals surface area contributed by atoms with Crippen molar-refractivity contribution in [1.29, 1.82) is 0 Å². The van der Waals surface area contributed by atoms with Gasteiger partial charge in [-0.05, 0) is 13.0 Å². The molecule has 0 saturated heterocycles. The minimum Gasteiger partial charge on any atom is -0.480 e. The maximum Gasteiger partial charge on any atom is 0.340 e. The molecular weight excluding hydrogens is 210 g/mol. The van der Waals surface area contributed by atoms with Crippen molar-refractivity contribution in [2.75, 3.05) is 0 Å². The highest BCUT2D eigenvalue weighted by molar-refractivity contribution is 5.94. The van der Waals surface area contributed by atoms with Crippen LogP contribution in [0.25, 0.3) is 0 Å². The minimum atomic E-state index is -0.986. The van der Waals surface area contributed by atoms with Gasteiger partial charge in [0.1, 0.15) is 6.04 Å². The first-order valence-electron chi connectivity index (χ1n) is 4.88. The summed E-state index contributed by atoms with van der Waals surface area (Å²) in [5.41, 5.74) is 1.16. The number of ether oxygens (including phenoxy) is 1. The summed E-state index contributed by atoms with van der Waals surface area (Å²) >= 11 is 0. The van der Waals surface area contributed by atoms with E-state index in [0.29, 0.717) is 11.1 Å². The average Bonchev–Trinajstić information content (AvgIpc) is 2.57. The second-order valence-corrected chi connectivity index (χ2v) is 3.60. The maximum absolute atomic E-state index is 11.4. The number of carbonyl (C=O) groups excluding carboxylic acids is 1. The van der Waals surface area contributed by atoms with Crippen molar-refractivity contribution in [3.63, 3.8) is 0 Å². The van der Waals surface area contributed by atoms with Crippen LogP contribution < -0.4 is 5.32 Å². The summed E-state index contributed by atoms with van der Waals surface area (Å²) in [4.78, 5) is 22.1. The largest absolute Gasteiger partial charge is 0.480 e. The van der Waals surface area contributed by atoms with E-state index in [0.717, 1.165) is 0 Å². The lowest BCUT2D eigenvalue weighted by Crippen LogP contribution is -2.36. The third-order valence-electron chi connectivity index (χ3n) is 2.46. The van der Waals surface area contributed by atoms with Crippen molar-refractivity contribution in [2.45, 2.75) is 19.2 Å². The van der Waals surface area contributed by atoms with Crippen molar-refractivity contribution in [3.8, 4) is 0 Å². The molecule has 2 unspecified atom stereocenters. The van der Waals surface area contributed by atoms with Gasteiger partial charge >= 0.3 is 11.9 Å². The number of esters is 1. The standard InChI is InChI=1S/C11H11NO4/c1-6(10(13)14)12-9-7-4-2-3-5-8(7)11(15)16-9/h2-6,9,12H,1H3,(H,13,14). The summed E-state index contributed by atoms with van der Waals surface area (Å²) < 4.78 is 5.04. The van der Waals surface area contributed by atoms with Gasteiger partial charge in [-0.1, -0.05) is 18.2 Å². The van der Waals surface area contributed by atoms with E-state index >= 15 is 0 Å². The van der Waals surface area contributed by atoms with Gasteiger partial charge in [0.15, 0.2) is 6.23 Å². The van der Waals surface area contributed by atoms with E-state index in [9.17, 15) is 9.59 Å². The lowest BCUT2D eigenvalue weighted by Gasteiger charge is -2.15. The molecule has 1 heterocycles. The van der Waals surface area contributed by atoms with Crippen LogP contribution in [-0.4, -0.2) is 23.1 Å². The van der Waals surface area contributed by atoms with Gasteiger partial charge < -0.3 is 9.84 Å². The van der Waals surface area contributed by atoms with Crippen LogP contribution in [0.1, 0.15) is 29.1 Å². The first-order valence-corrected chi connectivity index (χ1v) is 4.88. The van der Waals surface area contributed by atoms with Crippen LogP contribution in [0.5, 0.6) is 0 Å². The molecule has 0 bridgehead atoms. The molecule has 0 amide bonds. The number of hydrogen-bond donors (Lipinski definition) is 2. The van der Waals surface area contributed by atoms with Gasteiger partial charge in [0.05, 0.1) is 5.56 Å². The quantitative estimate of drug-likeness (QED) is 0.742. The second-order valence-electron chi connectivity index (χ2n) is 3.60. The Balaban J connectivity index is 2.21. The fourth-order valence-corrected chi connectivity index (χ4v) is 1.57. The fraction of sp³-hybridized carbons (Fsp3) is 0.273. The molecule has 0 aromatic heterocycles. The van der Waals surface area contributed by atoms with E-state index in [-0.39, 0.29) is 0 Å². The summed E-state index contributed by atoms with van der Waals surface area (Å²) in [6.07, 6.45) is -0.671. The Bertz CT molecular complexity index is 443. The summed E-state index contributed by atoms with van der Waals surface area (Å²) in [5, 5.41) is 11.5. The van der Waals surface area contributed by atoms with Crippen LogP contribution >= 0.6 is 0 Å². The number of carboxylic acids is 1. The predicted octanol–water partition coefficient (Wildman–Crippen LogP) is 0.918. The first kappa shape index (κ1) is 10.6. The predicted molar refractivity (Wildman–Crippen MR) is 54.8 cm³/mol. The zero-order valence-corrected chi connectivity index (χ0v) is 8.64. The topological polar surface area (TPSA) is 75.6 Å². The highest BCUT2D eigenvalue weighted by Gasteiger charge is 2.32. The summed E-state index contributed by atoms with van der Waals surface area (Å²) in [5.74, 6) is -1.41. The number of fused-ring (bicyclic) bond motifs is 1. The molecule has 2 rings (SSSR count). The van der Waals surface area contributed by atoms with Gasteiger partial charge in [-0.15, -0.1) is 0 Å². The zero-order valence-electron chi connectivity index (χ0n) is 8.64. The number of carbonyl (C=O) groups is 2. The molecule has 16 heavy (non-hydrogen) atoms. The molecule has 0 radical (unpaired) electrons. The number of cyclic esters (lactones) is 1. The molecule has 5 nitrogen and oxygen atoms in total. The molecule has 1 aliphatic heterocycles. The van der Waals surface area contributed by atoms with Gasteiger partial charge in [0.25, 0.3) is 0 Å². The first-order chi connectivity index (χ1) is 7.59. The van der Waals surface area contributed by atoms with Crippen LogP contribution in [0.15, 0.2) is 24.3 Å². The molecule has 0 fully saturated rings. The molecule has 1 aromatic rings. The Morgan fingerprint density at radius 2 is 2.19 bits per heavy atom. The van der Waals surface area contributed by atoms with Gasteiger partial charge in [-0.25, -0.2) is 4.79 Å². The van der Waals surface area contributed by atoms with Crippen LogP contribution in [0.3, 0.4) is 0 Å². The highest BCUT2D eigenvalue weighted by Crippen LogP contribution is 2.28. The molecule has 2 N–H and O–H groups in total. The Labute approximate surface area is 92.0 Å². The number of nitrogens with one attached hydrogen (secondary N) is 1. The average molecular weight is 221 g/mol. The molecule has 84 valence electrons. The lowest BCUT2D eigenvalue weighted by atomic mass is 10.1. The summed E-state index contributed by atoms with van der Waals surface area (Å²) in [6.45, 7) is 1.50. The molecular formula is C11H11NO4. The molecule has 0 spiro atoms. The van der Waals surface area contributed by atoms with E-state index in [1.54, 1.807) is 24.3 Å². The third-order valence-corrected chi connectivity index (χ3v) is 2.46. The van der Waals surface area contributed by atoms with E-state index in [1.807, 2.05) is 0 Å². The SMILES string of the molecule is CC(NC1OC(=O)c2ccccc21)C(=O)O. The smallest absolute Gasteiger partial charge is 0.340 e. The van der Waals surface area contributed by atoms with Gasteiger partial charge in [-0.2, -0.15) is 0 Å². The minimum absolute atomic E-state index is 0.425. The third kappa shape index (κ3) is 1.77. The van der Waals surface area contributed by atoms with Gasteiger partial charge in [0.2, 0.25) is 0 Å². The molecule has 1 aliphatic rings. The molecule has 5 heteroatoms. The fourth-order valence-electron chi connectivity index (χ4n) is 1.57. The zero-order chi connectivity index (χ0) is 11.7. The van der Waals surface area contributed by atoms with Crippen LogP contribution in [0.4, 0.5) is 0 Å². The Morgan fingerprint density at radius 3 is 2.88 bits per heavy atom. The Morgan fingerprint density at radius 1 is 1.50 bits per heavy atom. The van der Waals surface area contributed by atoms with Crippen molar-refractivity contribution in [3.05, 3.63) is 35.4 Å². The maximum atomic E-state index is 11.4. The van der Waals surface area contributed by atoms with Crippen LogP contribution in [-0.2, 0) is 9.53 Å². The highest BCUT2D eigenvalue weighted by atomic mass is 16.6. The summed E-state index contributed by atoms with van der Waals surface area (Å²) in [7, 11) is 0. The monoisotopic (exact) mass is 221 g/mol. The lowest BCUT2D eigenvalue weighted by molar-refractivity contribution is -0.140. The number of hydrogen-bond acceptors (Lipinski definition) is 4. The normalized spacial score (nSPS) is 20.1.